The van der Waals surface area contributed by atoms with Crippen LogP contribution in [0, 0.1) is 5.92 Å². The maximum absolute atomic E-state index is 13.1. The maximum Gasteiger partial charge on any atom is 0.244 e. The fourth-order valence-electron chi connectivity index (χ4n) is 3.50. The largest absolute Gasteiger partial charge is 0.392 e. The van der Waals surface area contributed by atoms with E-state index >= 15 is 0 Å². The van der Waals surface area contributed by atoms with Crippen molar-refractivity contribution in [2.75, 3.05) is 18.5 Å². The lowest BCUT2D eigenvalue weighted by molar-refractivity contribution is -0.123. The number of carbonyl (C=O) groups is 1. The third-order valence-electron chi connectivity index (χ3n) is 5.42. The van der Waals surface area contributed by atoms with Crippen LogP contribution in [0.25, 0.3) is 0 Å². The maximum atomic E-state index is 13.1. The van der Waals surface area contributed by atoms with Gasteiger partial charge in [0.05, 0.1) is 12.1 Å². The second-order valence-electron chi connectivity index (χ2n) is 7.24. The van der Waals surface area contributed by atoms with Crippen molar-refractivity contribution >= 4 is 11.6 Å². The normalized spacial score (nSPS) is 23.5. The van der Waals surface area contributed by atoms with Gasteiger partial charge in [-0.25, -0.2) is 0 Å². The average Bonchev–Trinajstić information content (AvgIpc) is 3.38. The van der Waals surface area contributed by atoms with E-state index in [2.05, 4.69) is 19.1 Å². The van der Waals surface area contributed by atoms with Crippen LogP contribution in [0.1, 0.15) is 38.7 Å². The fourth-order valence-corrected chi connectivity index (χ4v) is 3.50. The number of carbonyl (C=O) groups excluding carboxylic acids is 1. The minimum Gasteiger partial charge on any atom is -0.392 e. The van der Waals surface area contributed by atoms with Gasteiger partial charge >= 0.3 is 0 Å². The molecule has 1 amide bonds. The molecule has 3 rings (SSSR count). The van der Waals surface area contributed by atoms with Crippen LogP contribution in [0.3, 0.4) is 0 Å². The Morgan fingerprint density at radius 2 is 2.04 bits per heavy atom. The second-order valence-corrected chi connectivity index (χ2v) is 7.24. The summed E-state index contributed by atoms with van der Waals surface area (Å²) in [6, 6.07) is 8.21. The molecule has 0 radical (unpaired) electrons. The number of aliphatic hydroxyl groups is 1. The van der Waals surface area contributed by atoms with E-state index in [9.17, 15) is 9.90 Å². The van der Waals surface area contributed by atoms with E-state index in [0.717, 1.165) is 31.4 Å². The minimum atomic E-state index is -0.304. The summed E-state index contributed by atoms with van der Waals surface area (Å²) in [5.74, 6) is 0.574. The summed E-state index contributed by atoms with van der Waals surface area (Å²) in [4.78, 5) is 17.0. The lowest BCUT2D eigenvalue weighted by Gasteiger charge is -2.38. The second kappa shape index (κ2) is 6.62. The summed E-state index contributed by atoms with van der Waals surface area (Å²) in [6.07, 6.45) is 3.97. The number of para-hydroxylation sites is 1. The number of likely N-dealkylation sites (N-methyl/N-ethyl adjacent to an activating group) is 1. The van der Waals surface area contributed by atoms with E-state index in [1.807, 2.05) is 35.9 Å². The zero-order valence-corrected chi connectivity index (χ0v) is 14.4. The lowest BCUT2D eigenvalue weighted by Crippen LogP contribution is -2.52. The number of nitrogens with zero attached hydrogens (tertiary/aromatic N) is 2. The fraction of sp³-hybridized carbons (Fsp3) is 0.632. The predicted molar refractivity (Wildman–Crippen MR) is 92.5 cm³/mol. The van der Waals surface area contributed by atoms with Crippen LogP contribution < -0.4 is 4.90 Å². The molecule has 1 fully saturated rings. The van der Waals surface area contributed by atoms with Gasteiger partial charge in [-0.15, -0.1) is 0 Å². The van der Waals surface area contributed by atoms with Gasteiger partial charge in [0.25, 0.3) is 0 Å². The van der Waals surface area contributed by atoms with Crippen molar-refractivity contribution in [3.63, 3.8) is 0 Å². The van der Waals surface area contributed by atoms with Crippen molar-refractivity contribution in [1.82, 2.24) is 4.90 Å². The van der Waals surface area contributed by atoms with Crippen LogP contribution in [0.5, 0.6) is 0 Å². The quantitative estimate of drug-likeness (QED) is 0.907. The smallest absolute Gasteiger partial charge is 0.244 e. The summed E-state index contributed by atoms with van der Waals surface area (Å²) in [6.45, 7) is 4.65. The summed E-state index contributed by atoms with van der Waals surface area (Å²) in [5.41, 5.74) is 2.31. The standard InChI is InChI=1S/C19H28N2O2/c1-13-8-9-15-6-4-5-7-17(15)21(13)19(23)14(2)20(3)12-18(22)16-10-11-16/h4-7,13-14,16,18,22H,8-12H2,1-3H3. The molecule has 23 heavy (non-hydrogen) atoms. The molecule has 4 nitrogen and oxygen atoms in total. The third-order valence-corrected chi connectivity index (χ3v) is 5.42. The zero-order chi connectivity index (χ0) is 16.6. The molecule has 0 saturated heterocycles. The average molecular weight is 316 g/mol. The molecule has 3 atom stereocenters. The molecule has 1 heterocycles. The summed E-state index contributed by atoms with van der Waals surface area (Å²) in [7, 11) is 1.94. The molecule has 0 spiro atoms. The number of aliphatic hydroxyl groups excluding tert-OH is 1. The van der Waals surface area contributed by atoms with Crippen LogP contribution in [0.2, 0.25) is 0 Å². The Kier molecular flexibility index (Phi) is 4.74. The SMILES string of the molecule is CC(C(=O)N1c2ccccc2CCC1C)N(C)CC(O)C1CC1. The Bertz CT molecular complexity index is 570. The van der Waals surface area contributed by atoms with Crippen LogP contribution >= 0.6 is 0 Å². The van der Waals surface area contributed by atoms with Gasteiger partial charge in [0.2, 0.25) is 5.91 Å². The topological polar surface area (TPSA) is 43.8 Å². The van der Waals surface area contributed by atoms with Crippen molar-refractivity contribution in [2.24, 2.45) is 5.92 Å². The summed E-state index contributed by atoms with van der Waals surface area (Å²) < 4.78 is 0. The number of anilines is 1. The Balaban J connectivity index is 1.73. The lowest BCUT2D eigenvalue weighted by atomic mass is 9.96. The highest BCUT2D eigenvalue weighted by Crippen LogP contribution is 2.34. The zero-order valence-electron chi connectivity index (χ0n) is 14.4. The van der Waals surface area contributed by atoms with E-state index in [1.54, 1.807) is 0 Å². The van der Waals surface area contributed by atoms with Gasteiger partial charge in [-0.3, -0.25) is 9.69 Å². The molecule has 1 aliphatic heterocycles. The number of hydrogen-bond acceptors (Lipinski definition) is 3. The highest BCUT2D eigenvalue weighted by molar-refractivity contribution is 5.98. The Morgan fingerprint density at radius 3 is 2.74 bits per heavy atom. The molecule has 126 valence electrons. The first-order valence-electron chi connectivity index (χ1n) is 8.78. The molecule has 3 unspecified atom stereocenters. The molecule has 1 N–H and O–H groups in total. The van der Waals surface area contributed by atoms with Crippen molar-refractivity contribution in [1.29, 1.82) is 0 Å². The minimum absolute atomic E-state index is 0.134. The van der Waals surface area contributed by atoms with Crippen LogP contribution in [-0.2, 0) is 11.2 Å². The van der Waals surface area contributed by atoms with E-state index in [0.29, 0.717) is 12.5 Å². The van der Waals surface area contributed by atoms with Crippen molar-refractivity contribution < 1.29 is 9.90 Å². The van der Waals surface area contributed by atoms with Gasteiger partial charge in [-0.1, -0.05) is 18.2 Å². The highest BCUT2D eigenvalue weighted by Gasteiger charge is 2.35. The van der Waals surface area contributed by atoms with Crippen molar-refractivity contribution in [3.05, 3.63) is 29.8 Å². The number of benzene rings is 1. The van der Waals surface area contributed by atoms with Gasteiger partial charge in [0, 0.05) is 18.3 Å². The van der Waals surface area contributed by atoms with Gasteiger partial charge < -0.3 is 10.0 Å². The number of fused-ring (bicyclic) bond motifs is 1. The third kappa shape index (κ3) is 3.43. The van der Waals surface area contributed by atoms with Gasteiger partial charge in [-0.05, 0) is 64.1 Å². The summed E-state index contributed by atoms with van der Waals surface area (Å²) >= 11 is 0. The number of amides is 1. The van der Waals surface area contributed by atoms with E-state index < -0.39 is 0 Å². The van der Waals surface area contributed by atoms with Crippen molar-refractivity contribution in [3.8, 4) is 0 Å². The molecule has 0 bridgehead atoms. The van der Waals surface area contributed by atoms with E-state index in [4.69, 9.17) is 0 Å². The first-order chi connectivity index (χ1) is 11.0. The van der Waals surface area contributed by atoms with Crippen LogP contribution in [0.15, 0.2) is 24.3 Å². The number of rotatable bonds is 5. The molecule has 0 aromatic heterocycles. The molecule has 1 aromatic carbocycles. The highest BCUT2D eigenvalue weighted by atomic mass is 16.3. The van der Waals surface area contributed by atoms with Gasteiger partial charge in [0.15, 0.2) is 0 Å². The van der Waals surface area contributed by atoms with Crippen molar-refractivity contribution in [2.45, 2.75) is 57.7 Å². The predicted octanol–water partition coefficient (Wildman–Crippen LogP) is 2.45. The van der Waals surface area contributed by atoms with Crippen LogP contribution in [0.4, 0.5) is 5.69 Å². The molecule has 1 aromatic rings. The molecule has 2 aliphatic rings. The first kappa shape index (κ1) is 16.5. The van der Waals surface area contributed by atoms with E-state index in [-0.39, 0.29) is 24.1 Å². The number of hydrogen-bond donors (Lipinski definition) is 1. The molecular weight excluding hydrogens is 288 g/mol. The van der Waals surface area contributed by atoms with Gasteiger partial charge in [0.1, 0.15) is 0 Å². The Labute approximate surface area is 139 Å². The molecule has 1 aliphatic carbocycles. The molecule has 1 saturated carbocycles. The number of aryl methyl sites for hydroxylation is 1. The van der Waals surface area contributed by atoms with E-state index in [1.165, 1.54) is 5.56 Å². The van der Waals surface area contributed by atoms with Crippen LogP contribution in [-0.4, -0.2) is 47.7 Å². The summed E-state index contributed by atoms with van der Waals surface area (Å²) in [5, 5.41) is 10.1. The molecular formula is C19H28N2O2. The Hall–Kier alpha value is -1.39. The first-order valence-corrected chi connectivity index (χ1v) is 8.78. The Morgan fingerprint density at radius 1 is 1.35 bits per heavy atom. The van der Waals surface area contributed by atoms with Gasteiger partial charge in [-0.2, -0.15) is 0 Å². The molecule has 4 heteroatoms. The monoisotopic (exact) mass is 316 g/mol.